The predicted molar refractivity (Wildman–Crippen MR) is 38.9 cm³/mol. The van der Waals surface area contributed by atoms with Gasteiger partial charge in [-0.25, -0.2) is 0 Å². The van der Waals surface area contributed by atoms with Gasteiger partial charge in [0.1, 0.15) is 0 Å². The van der Waals surface area contributed by atoms with Crippen LogP contribution in [0, 0.1) is 0 Å². The highest BCUT2D eigenvalue weighted by Crippen LogP contribution is 1.96. The van der Waals surface area contributed by atoms with Crippen LogP contribution in [0.1, 0.15) is 26.7 Å². The first-order valence-corrected chi connectivity index (χ1v) is 3.06. The molecule has 0 spiro atoms. The molecule has 0 amide bonds. The van der Waals surface area contributed by atoms with Crippen LogP contribution in [0.15, 0.2) is 24.3 Å². The lowest BCUT2D eigenvalue weighted by Crippen LogP contribution is -1.65. The first-order valence-electron chi connectivity index (χ1n) is 3.06. The molecule has 0 N–H and O–H groups in total. The van der Waals surface area contributed by atoms with E-state index in [4.69, 9.17) is 0 Å². The fourth-order valence-electron chi connectivity index (χ4n) is 0.451. The van der Waals surface area contributed by atoms with Crippen molar-refractivity contribution in [3.8, 4) is 0 Å². The zero-order chi connectivity index (χ0) is 6.41. The largest absolute Gasteiger partial charge is 0.0998 e. The highest BCUT2D eigenvalue weighted by atomic mass is 13.8. The zero-order valence-electron chi connectivity index (χ0n) is 5.78. The Labute approximate surface area is 51.9 Å². The Morgan fingerprint density at radius 2 is 2.12 bits per heavy atom. The fourth-order valence-corrected chi connectivity index (χ4v) is 0.451. The van der Waals surface area contributed by atoms with Gasteiger partial charge in [-0.05, 0) is 19.8 Å². The molecule has 0 atom stereocenters. The molecule has 46 valence electrons. The van der Waals surface area contributed by atoms with Gasteiger partial charge in [-0.3, -0.25) is 0 Å². The summed E-state index contributed by atoms with van der Waals surface area (Å²) >= 11 is 0. The van der Waals surface area contributed by atoms with Crippen LogP contribution in [0.25, 0.3) is 0 Å². The molecule has 0 aromatic heterocycles. The third-order valence-corrected chi connectivity index (χ3v) is 0.869. The maximum atomic E-state index is 3.78. The summed E-state index contributed by atoms with van der Waals surface area (Å²) in [6, 6.07) is 0. The summed E-state index contributed by atoms with van der Waals surface area (Å²) in [5, 5.41) is 0. The average molecular weight is 110 g/mol. The summed E-state index contributed by atoms with van der Waals surface area (Å²) in [7, 11) is 0. The molecule has 0 heterocycles. The molecule has 0 nitrogen and oxygen atoms in total. The maximum Gasteiger partial charge on any atom is -0.0144 e. The molecule has 0 saturated carbocycles. The van der Waals surface area contributed by atoms with Gasteiger partial charge in [-0.15, -0.1) is 0 Å². The average Bonchev–Trinajstić information content (AvgIpc) is 1.66. The lowest BCUT2D eigenvalue weighted by Gasteiger charge is -1.86. The van der Waals surface area contributed by atoms with Crippen molar-refractivity contribution in [2.75, 3.05) is 0 Å². The van der Waals surface area contributed by atoms with E-state index in [0.717, 1.165) is 12.8 Å². The van der Waals surface area contributed by atoms with Crippen molar-refractivity contribution >= 4 is 0 Å². The number of allylic oxidation sites excluding steroid dienone is 3. The van der Waals surface area contributed by atoms with E-state index in [9.17, 15) is 0 Å². The van der Waals surface area contributed by atoms with Crippen molar-refractivity contribution in [2.45, 2.75) is 26.7 Å². The van der Waals surface area contributed by atoms with Crippen LogP contribution in [0.2, 0.25) is 0 Å². The summed E-state index contributed by atoms with van der Waals surface area (Å²) in [6.45, 7) is 7.95. The lowest BCUT2D eigenvalue weighted by molar-refractivity contribution is 1.16. The molecule has 0 saturated heterocycles. The molecule has 0 aliphatic heterocycles. The van der Waals surface area contributed by atoms with Crippen molar-refractivity contribution < 1.29 is 0 Å². The van der Waals surface area contributed by atoms with Gasteiger partial charge < -0.3 is 0 Å². The number of hydrogen-bond donors (Lipinski definition) is 0. The number of hydrogen-bond acceptors (Lipinski definition) is 0. The SMILES string of the molecule is C=C(C)C/C=C\CC. The van der Waals surface area contributed by atoms with E-state index in [1.807, 2.05) is 6.92 Å². The molecule has 0 fully saturated rings. The molecule has 0 aliphatic carbocycles. The van der Waals surface area contributed by atoms with E-state index < -0.39 is 0 Å². The Bertz CT molecular complexity index is 88.2. The Kier molecular flexibility index (Phi) is 4.33. The van der Waals surface area contributed by atoms with E-state index in [-0.39, 0.29) is 0 Å². The number of rotatable bonds is 3. The summed E-state index contributed by atoms with van der Waals surface area (Å²) in [5.41, 5.74) is 1.23. The Morgan fingerprint density at radius 3 is 2.50 bits per heavy atom. The van der Waals surface area contributed by atoms with Crippen LogP contribution in [0.5, 0.6) is 0 Å². The molecular formula is C8H14. The van der Waals surface area contributed by atoms with Crippen molar-refractivity contribution in [3.63, 3.8) is 0 Å². The predicted octanol–water partition coefficient (Wildman–Crippen LogP) is 2.92. The van der Waals surface area contributed by atoms with Gasteiger partial charge in [0.25, 0.3) is 0 Å². The van der Waals surface area contributed by atoms with Gasteiger partial charge in [-0.2, -0.15) is 0 Å². The van der Waals surface area contributed by atoms with Crippen molar-refractivity contribution in [2.24, 2.45) is 0 Å². The molecule has 0 aliphatic rings. The van der Waals surface area contributed by atoms with Crippen LogP contribution in [-0.2, 0) is 0 Å². The quantitative estimate of drug-likeness (QED) is 0.490. The molecule has 0 rings (SSSR count). The van der Waals surface area contributed by atoms with Crippen molar-refractivity contribution in [1.29, 1.82) is 0 Å². The lowest BCUT2D eigenvalue weighted by atomic mass is 10.2. The minimum absolute atomic E-state index is 1.04. The van der Waals surface area contributed by atoms with Crippen LogP contribution >= 0.6 is 0 Å². The summed E-state index contributed by atoms with van der Waals surface area (Å²) < 4.78 is 0. The van der Waals surface area contributed by atoms with Gasteiger partial charge in [-0.1, -0.05) is 31.2 Å². The smallest absolute Gasteiger partial charge is 0.0144 e. The first-order chi connectivity index (χ1) is 3.77. The third kappa shape index (κ3) is 5.48. The first kappa shape index (κ1) is 7.48. The monoisotopic (exact) mass is 110 g/mol. The highest BCUT2D eigenvalue weighted by Gasteiger charge is 1.75. The van der Waals surface area contributed by atoms with Crippen LogP contribution in [0.4, 0.5) is 0 Å². The Hall–Kier alpha value is -0.520. The molecular weight excluding hydrogens is 96.1 g/mol. The van der Waals surface area contributed by atoms with Gasteiger partial charge in [0, 0.05) is 0 Å². The van der Waals surface area contributed by atoms with E-state index in [1.165, 1.54) is 5.57 Å². The second-order valence-corrected chi connectivity index (χ2v) is 2.04. The minimum Gasteiger partial charge on any atom is -0.0998 e. The normalized spacial score (nSPS) is 10.2. The molecule has 0 heteroatoms. The van der Waals surface area contributed by atoms with Gasteiger partial charge in [0.15, 0.2) is 0 Å². The van der Waals surface area contributed by atoms with E-state index in [0.29, 0.717) is 0 Å². The fraction of sp³-hybridized carbons (Fsp3) is 0.500. The van der Waals surface area contributed by atoms with Crippen LogP contribution < -0.4 is 0 Å². The van der Waals surface area contributed by atoms with Crippen LogP contribution in [0.3, 0.4) is 0 Å². The van der Waals surface area contributed by atoms with Gasteiger partial charge in [0.2, 0.25) is 0 Å². The van der Waals surface area contributed by atoms with E-state index >= 15 is 0 Å². The molecule has 0 radical (unpaired) electrons. The Morgan fingerprint density at radius 1 is 1.50 bits per heavy atom. The topological polar surface area (TPSA) is 0 Å². The molecule has 0 unspecified atom stereocenters. The van der Waals surface area contributed by atoms with Gasteiger partial charge in [0.05, 0.1) is 0 Å². The molecule has 0 bridgehead atoms. The van der Waals surface area contributed by atoms with Crippen molar-refractivity contribution in [1.82, 2.24) is 0 Å². The second-order valence-electron chi connectivity index (χ2n) is 2.04. The summed E-state index contributed by atoms with van der Waals surface area (Å²) in [5.74, 6) is 0. The minimum atomic E-state index is 1.04. The highest BCUT2D eigenvalue weighted by molar-refractivity contribution is 4.97. The molecule has 0 aromatic carbocycles. The summed E-state index contributed by atoms with van der Waals surface area (Å²) in [4.78, 5) is 0. The van der Waals surface area contributed by atoms with Crippen LogP contribution in [-0.4, -0.2) is 0 Å². The summed E-state index contributed by atoms with van der Waals surface area (Å²) in [6.07, 6.45) is 6.48. The maximum absolute atomic E-state index is 3.78. The molecule has 0 aromatic rings. The molecule has 8 heavy (non-hydrogen) atoms. The second kappa shape index (κ2) is 4.63. The Balaban J connectivity index is 3.16. The standard InChI is InChI=1S/C8H14/c1-4-5-6-7-8(2)3/h5-6H,2,4,7H2,1,3H3/b6-5-. The van der Waals surface area contributed by atoms with Crippen molar-refractivity contribution in [3.05, 3.63) is 24.3 Å². The van der Waals surface area contributed by atoms with Gasteiger partial charge >= 0.3 is 0 Å². The zero-order valence-corrected chi connectivity index (χ0v) is 5.78. The van der Waals surface area contributed by atoms with E-state index in [2.05, 4.69) is 25.7 Å². The third-order valence-electron chi connectivity index (χ3n) is 0.869. The van der Waals surface area contributed by atoms with E-state index in [1.54, 1.807) is 0 Å².